The summed E-state index contributed by atoms with van der Waals surface area (Å²) >= 11 is 0. The van der Waals surface area contributed by atoms with E-state index in [-0.39, 0.29) is 54.5 Å². The molecular weight excluding hydrogens is 391 g/mol. The molecule has 27 heavy (non-hydrogen) atoms. The zero-order valence-electron chi connectivity index (χ0n) is 16.1. The number of nitrogens with zero attached hydrogens (tertiary/aromatic N) is 6. The van der Waals surface area contributed by atoms with E-state index in [9.17, 15) is 10.2 Å². The molecule has 0 amide bonds. The fraction of sp³-hybridized carbons (Fsp3) is 0.556. The van der Waals surface area contributed by atoms with Gasteiger partial charge in [0.15, 0.2) is 0 Å². The minimum Gasteiger partial charge on any atom is -0.861 e. The van der Waals surface area contributed by atoms with E-state index in [0.717, 1.165) is 0 Å². The fourth-order valence-electron chi connectivity index (χ4n) is 2.23. The zero-order valence-corrected chi connectivity index (χ0v) is 17.1. The van der Waals surface area contributed by atoms with Gasteiger partial charge in [0, 0.05) is 50.0 Å². The second kappa shape index (κ2) is 11.1. The topological polar surface area (TPSA) is 83.8 Å². The molecule has 9 heteroatoms. The maximum absolute atomic E-state index is 11.8. The van der Waals surface area contributed by atoms with Crippen LogP contribution >= 0.6 is 0 Å². The Bertz CT molecular complexity index is 526. The van der Waals surface area contributed by atoms with Crippen molar-refractivity contribution in [2.24, 2.45) is 9.98 Å². The molecular formula is C18H26N6NiO2. The van der Waals surface area contributed by atoms with Crippen molar-refractivity contribution in [3.05, 3.63) is 38.1 Å². The van der Waals surface area contributed by atoms with Crippen molar-refractivity contribution in [2.45, 2.75) is 39.8 Å². The summed E-state index contributed by atoms with van der Waals surface area (Å²) in [4.78, 5) is 15.0. The summed E-state index contributed by atoms with van der Waals surface area (Å²) in [5.74, 6) is -0.515. The monoisotopic (exact) mass is 416 g/mol. The summed E-state index contributed by atoms with van der Waals surface area (Å²) in [6.45, 7) is 15.0. The Hall–Kier alpha value is -1.89. The van der Waals surface area contributed by atoms with E-state index in [1.54, 1.807) is 22.2 Å². The first-order valence-electron chi connectivity index (χ1n) is 8.75. The molecule has 0 aromatic heterocycles. The molecule has 0 bridgehead atoms. The van der Waals surface area contributed by atoms with E-state index in [1.807, 2.05) is 49.9 Å². The molecule has 0 aromatic rings. The minimum atomic E-state index is -0.257. The molecule has 2 heterocycles. The zero-order chi connectivity index (χ0) is 19.1. The van der Waals surface area contributed by atoms with Crippen LogP contribution in [0.4, 0.5) is 0 Å². The van der Waals surface area contributed by atoms with Crippen LogP contribution in [0.5, 0.6) is 0 Å². The Labute approximate surface area is 172 Å². The second-order valence-corrected chi connectivity index (χ2v) is 6.61. The molecule has 2 aliphatic rings. The van der Waals surface area contributed by atoms with E-state index >= 15 is 0 Å². The van der Waals surface area contributed by atoms with Crippen LogP contribution in [0.3, 0.4) is 0 Å². The number of hydrogen-bond donors (Lipinski definition) is 0. The second-order valence-electron chi connectivity index (χ2n) is 6.61. The SMILES string of the molecule is CC(C)N1[C]N(CC([O-])=NCCN=C([O-])CN2[C]N(C(C)C)C=C2)C=C1.[Ni+2]. The summed E-state index contributed by atoms with van der Waals surface area (Å²) in [5, 5.41) is 23.7. The van der Waals surface area contributed by atoms with Gasteiger partial charge in [0.05, 0.1) is 13.1 Å². The van der Waals surface area contributed by atoms with Gasteiger partial charge in [-0.25, -0.2) is 0 Å². The first-order valence-corrected chi connectivity index (χ1v) is 8.75. The molecule has 8 nitrogen and oxygen atoms in total. The van der Waals surface area contributed by atoms with Crippen molar-refractivity contribution in [1.82, 2.24) is 19.6 Å². The number of aliphatic imine (C=N–C) groups is 2. The quantitative estimate of drug-likeness (QED) is 0.218. The molecule has 0 spiro atoms. The smallest absolute Gasteiger partial charge is 0.861 e. The van der Waals surface area contributed by atoms with Crippen LogP contribution in [-0.4, -0.2) is 69.7 Å². The summed E-state index contributed by atoms with van der Waals surface area (Å²) in [6.07, 6.45) is 7.32. The predicted molar refractivity (Wildman–Crippen MR) is 96.7 cm³/mol. The third-order valence-corrected chi connectivity index (χ3v) is 3.70. The molecule has 150 valence electrons. The first kappa shape index (κ1) is 23.2. The van der Waals surface area contributed by atoms with E-state index in [4.69, 9.17) is 0 Å². The van der Waals surface area contributed by atoms with Gasteiger partial charge in [0.1, 0.15) is 0 Å². The van der Waals surface area contributed by atoms with Crippen molar-refractivity contribution in [3.63, 3.8) is 0 Å². The van der Waals surface area contributed by atoms with Crippen LogP contribution < -0.4 is 10.2 Å². The van der Waals surface area contributed by atoms with Gasteiger partial charge in [0.25, 0.3) is 0 Å². The Balaban J connectivity index is 0.00000364. The standard InChI is InChI=1S/C18H28N6O2.Ni/c1-15(2)23-9-7-21(13-23)11-17(25)19-5-6-20-18(26)12-22-8-10-24(14-22)16(3)4;/h7-10,15-16H,5-6,11-12H2,1-4H3,(H,19,25)(H,20,26);/q;+2/p-2. The number of rotatable bonds is 9. The Morgan fingerprint density at radius 3 is 1.44 bits per heavy atom. The maximum atomic E-state index is 11.8. The van der Waals surface area contributed by atoms with Crippen LogP contribution in [0.2, 0.25) is 0 Å². The third-order valence-electron chi connectivity index (χ3n) is 3.70. The van der Waals surface area contributed by atoms with Gasteiger partial charge in [-0.15, -0.1) is 0 Å². The van der Waals surface area contributed by atoms with Crippen molar-refractivity contribution in [2.75, 3.05) is 26.2 Å². The minimum absolute atomic E-state index is 0. The van der Waals surface area contributed by atoms with Crippen LogP contribution in [0.25, 0.3) is 0 Å². The molecule has 0 saturated heterocycles. The fourth-order valence-corrected chi connectivity index (χ4v) is 2.23. The van der Waals surface area contributed by atoms with E-state index in [0.29, 0.717) is 12.1 Å². The van der Waals surface area contributed by atoms with Gasteiger partial charge in [-0.05, 0) is 39.5 Å². The Morgan fingerprint density at radius 1 is 0.778 bits per heavy atom. The van der Waals surface area contributed by atoms with Crippen molar-refractivity contribution in [3.8, 4) is 0 Å². The molecule has 2 rings (SSSR count). The summed E-state index contributed by atoms with van der Waals surface area (Å²) in [5.41, 5.74) is 0. The van der Waals surface area contributed by atoms with Crippen molar-refractivity contribution in [1.29, 1.82) is 0 Å². The maximum Gasteiger partial charge on any atom is 2.00 e. The molecule has 0 aromatic carbocycles. The van der Waals surface area contributed by atoms with Gasteiger partial charge in [0.2, 0.25) is 13.3 Å². The molecule has 0 fully saturated rings. The molecule has 4 radical (unpaired) electrons. The van der Waals surface area contributed by atoms with Crippen LogP contribution in [0.1, 0.15) is 27.7 Å². The van der Waals surface area contributed by atoms with Gasteiger partial charge < -0.3 is 39.8 Å². The van der Waals surface area contributed by atoms with E-state index < -0.39 is 0 Å². The summed E-state index contributed by atoms with van der Waals surface area (Å²) < 4.78 is 0. The van der Waals surface area contributed by atoms with Crippen LogP contribution in [0, 0.1) is 13.3 Å². The molecule has 2 aliphatic heterocycles. The van der Waals surface area contributed by atoms with E-state index in [1.165, 1.54) is 0 Å². The molecule has 0 unspecified atom stereocenters. The molecule has 0 N–H and O–H groups in total. The number of hydrogen-bond acceptors (Lipinski definition) is 8. The van der Waals surface area contributed by atoms with Gasteiger partial charge in [-0.2, -0.15) is 0 Å². The molecule has 0 atom stereocenters. The summed E-state index contributed by atoms with van der Waals surface area (Å²) in [6, 6.07) is 0.585. The average molecular weight is 417 g/mol. The van der Waals surface area contributed by atoms with Crippen molar-refractivity contribution < 1.29 is 26.7 Å². The van der Waals surface area contributed by atoms with Gasteiger partial charge >= 0.3 is 16.5 Å². The van der Waals surface area contributed by atoms with E-state index in [2.05, 4.69) is 23.3 Å². The van der Waals surface area contributed by atoms with Gasteiger partial charge in [-0.3, -0.25) is 0 Å². The third kappa shape index (κ3) is 7.71. The van der Waals surface area contributed by atoms with Gasteiger partial charge in [-0.1, -0.05) is 0 Å². The average Bonchev–Trinajstić information content (AvgIpc) is 3.21. The van der Waals surface area contributed by atoms with Crippen molar-refractivity contribution >= 4 is 11.8 Å². The summed E-state index contributed by atoms with van der Waals surface area (Å²) in [7, 11) is 0. The Morgan fingerprint density at radius 2 is 1.15 bits per heavy atom. The Kier molecular flexibility index (Phi) is 9.49. The van der Waals surface area contributed by atoms with Crippen LogP contribution in [-0.2, 0) is 16.5 Å². The predicted octanol–water partition coefficient (Wildman–Crippen LogP) is -0.512. The molecule has 0 saturated carbocycles. The largest absolute Gasteiger partial charge is 2.00 e. The molecule has 0 aliphatic carbocycles. The first-order chi connectivity index (χ1) is 12.3. The van der Waals surface area contributed by atoms with Crippen LogP contribution in [0.15, 0.2) is 34.8 Å². The normalized spacial score (nSPS) is 17.7.